The van der Waals surface area contributed by atoms with Crippen molar-refractivity contribution < 1.29 is 9.59 Å². The number of carbonyl (C=O) groups is 2. The molecular formula is C27H23N3O2S. The van der Waals surface area contributed by atoms with Gasteiger partial charge in [-0.2, -0.15) is 5.26 Å². The Morgan fingerprint density at radius 2 is 1.70 bits per heavy atom. The van der Waals surface area contributed by atoms with Crippen molar-refractivity contribution in [2.45, 2.75) is 25.5 Å². The average Bonchev–Trinajstić information content (AvgIpc) is 3.13. The smallest absolute Gasteiger partial charge is 0.269 e. The summed E-state index contributed by atoms with van der Waals surface area (Å²) in [5.41, 5.74) is 4.21. The number of aryl methyl sites for hydroxylation is 2. The van der Waals surface area contributed by atoms with Gasteiger partial charge < -0.3 is 5.32 Å². The maximum Gasteiger partial charge on any atom is 0.269 e. The van der Waals surface area contributed by atoms with Crippen molar-refractivity contribution in [2.75, 3.05) is 10.2 Å². The van der Waals surface area contributed by atoms with Crippen LogP contribution in [0.2, 0.25) is 0 Å². The number of nitrogens with zero attached hydrogens (tertiary/aromatic N) is 2. The molecule has 1 saturated heterocycles. The minimum atomic E-state index is -0.527. The normalized spacial score (nSPS) is 16.9. The second-order valence-corrected chi connectivity index (χ2v) is 9.06. The Labute approximate surface area is 197 Å². The Balaban J connectivity index is 1.72. The van der Waals surface area contributed by atoms with E-state index in [0.29, 0.717) is 22.8 Å². The van der Waals surface area contributed by atoms with Gasteiger partial charge in [-0.05, 0) is 49.6 Å². The largest absolute Gasteiger partial charge is 0.321 e. The van der Waals surface area contributed by atoms with Gasteiger partial charge in [-0.25, -0.2) is 0 Å². The lowest BCUT2D eigenvalue weighted by atomic mass is 10.1. The summed E-state index contributed by atoms with van der Waals surface area (Å²) in [4.78, 5) is 28.1. The van der Waals surface area contributed by atoms with Gasteiger partial charge in [0.1, 0.15) is 16.7 Å². The van der Waals surface area contributed by atoms with E-state index in [0.717, 1.165) is 16.7 Å². The zero-order valence-corrected chi connectivity index (χ0v) is 19.2. The number of thioether (sulfide) groups is 1. The first-order valence-corrected chi connectivity index (χ1v) is 11.5. The number of hydrogen-bond acceptors (Lipinski definition) is 4. The number of carbonyl (C=O) groups excluding carboxylic acids is 2. The number of nitriles is 1. The summed E-state index contributed by atoms with van der Waals surface area (Å²) < 4.78 is 0. The summed E-state index contributed by atoms with van der Waals surface area (Å²) in [6.45, 7) is 3.88. The molecule has 5 nitrogen and oxygen atoms in total. The van der Waals surface area contributed by atoms with Gasteiger partial charge in [0.15, 0.2) is 0 Å². The van der Waals surface area contributed by atoms with Crippen LogP contribution in [0.1, 0.15) is 16.7 Å². The van der Waals surface area contributed by atoms with E-state index in [2.05, 4.69) is 11.4 Å². The second-order valence-electron chi connectivity index (χ2n) is 7.87. The molecule has 1 atom stereocenters. The van der Waals surface area contributed by atoms with Crippen LogP contribution in [0.3, 0.4) is 0 Å². The minimum Gasteiger partial charge on any atom is -0.321 e. The molecule has 2 amide bonds. The van der Waals surface area contributed by atoms with Crippen LogP contribution in [0.25, 0.3) is 0 Å². The highest BCUT2D eigenvalue weighted by Gasteiger charge is 2.40. The Morgan fingerprint density at radius 1 is 1.03 bits per heavy atom. The van der Waals surface area contributed by atoms with Crippen molar-refractivity contribution >= 4 is 35.0 Å². The van der Waals surface area contributed by atoms with Crippen molar-refractivity contribution in [1.29, 1.82) is 5.26 Å². The van der Waals surface area contributed by atoms with Crippen LogP contribution < -0.4 is 10.2 Å². The van der Waals surface area contributed by atoms with E-state index in [-0.39, 0.29) is 11.5 Å². The van der Waals surface area contributed by atoms with Gasteiger partial charge in [0.05, 0.1) is 5.25 Å². The van der Waals surface area contributed by atoms with E-state index in [1.807, 2.05) is 80.6 Å². The Kier molecular flexibility index (Phi) is 6.62. The number of amides is 2. The molecule has 0 unspecified atom stereocenters. The van der Waals surface area contributed by atoms with E-state index in [4.69, 9.17) is 0 Å². The summed E-state index contributed by atoms with van der Waals surface area (Å²) >= 11 is 1.27. The Bertz CT molecular complexity index is 1260. The van der Waals surface area contributed by atoms with Gasteiger partial charge in [-0.15, -0.1) is 0 Å². The molecule has 3 aromatic rings. The summed E-state index contributed by atoms with van der Waals surface area (Å²) in [5, 5.41) is 12.7. The molecule has 4 rings (SSSR count). The standard InChI is InChI=1S/C27H23N3O2S/c1-18-13-14-23(19(2)15-18)29-25(31)22(17-28)27-30(21-11-7-4-8-12-21)26(32)24(33-27)16-20-9-5-3-6-10-20/h3-15,24H,16H2,1-2H3,(H,29,31)/b27-22+/t24-/m0/s1. The Morgan fingerprint density at radius 3 is 2.33 bits per heavy atom. The molecule has 0 aliphatic carbocycles. The lowest BCUT2D eigenvalue weighted by molar-refractivity contribution is -0.117. The SMILES string of the molecule is Cc1ccc(NC(=O)/C(C#N)=C2/S[C@@H](Cc3ccccc3)C(=O)N2c2ccccc2)c(C)c1. The van der Waals surface area contributed by atoms with E-state index in [1.165, 1.54) is 16.7 Å². The summed E-state index contributed by atoms with van der Waals surface area (Å²) in [6.07, 6.45) is 0.509. The van der Waals surface area contributed by atoms with Crippen molar-refractivity contribution in [3.63, 3.8) is 0 Å². The number of nitrogens with one attached hydrogen (secondary N) is 1. The highest BCUT2D eigenvalue weighted by atomic mass is 32.2. The molecule has 0 saturated carbocycles. The van der Waals surface area contributed by atoms with E-state index < -0.39 is 11.2 Å². The molecule has 1 heterocycles. The second kappa shape index (κ2) is 9.76. The molecule has 1 aliphatic heterocycles. The third-order valence-electron chi connectivity index (χ3n) is 5.41. The monoisotopic (exact) mass is 453 g/mol. The predicted octanol–water partition coefficient (Wildman–Crippen LogP) is 5.37. The zero-order chi connectivity index (χ0) is 23.4. The molecule has 1 N–H and O–H groups in total. The molecule has 3 aromatic carbocycles. The van der Waals surface area contributed by atoms with Crippen LogP contribution in [0.4, 0.5) is 11.4 Å². The molecule has 0 bridgehead atoms. The first-order valence-electron chi connectivity index (χ1n) is 10.6. The van der Waals surface area contributed by atoms with Crippen LogP contribution >= 0.6 is 11.8 Å². The van der Waals surface area contributed by atoms with Crippen molar-refractivity contribution in [3.05, 3.63) is 106 Å². The van der Waals surface area contributed by atoms with Crippen molar-refractivity contribution in [2.24, 2.45) is 0 Å². The summed E-state index contributed by atoms with van der Waals surface area (Å²) in [6, 6.07) is 26.6. The molecule has 0 spiro atoms. The van der Waals surface area contributed by atoms with Crippen molar-refractivity contribution in [1.82, 2.24) is 0 Å². The number of anilines is 2. The van der Waals surface area contributed by atoms with Gasteiger partial charge in [0, 0.05) is 11.4 Å². The lowest BCUT2D eigenvalue weighted by Gasteiger charge is -2.18. The fraction of sp³-hybridized carbons (Fsp3) is 0.148. The van der Waals surface area contributed by atoms with Crippen LogP contribution in [0, 0.1) is 25.2 Å². The molecule has 0 radical (unpaired) electrons. The zero-order valence-electron chi connectivity index (χ0n) is 18.4. The third kappa shape index (κ3) is 4.84. The van der Waals surface area contributed by atoms with Crippen LogP contribution in [-0.4, -0.2) is 17.1 Å². The first-order chi connectivity index (χ1) is 16.0. The van der Waals surface area contributed by atoms with Gasteiger partial charge >= 0.3 is 0 Å². The molecular weight excluding hydrogens is 430 g/mol. The maximum atomic E-state index is 13.4. The first kappa shape index (κ1) is 22.4. The third-order valence-corrected chi connectivity index (χ3v) is 6.68. The van der Waals surface area contributed by atoms with Crippen LogP contribution in [-0.2, 0) is 16.0 Å². The lowest BCUT2D eigenvalue weighted by Crippen LogP contribution is -2.30. The Hall–Kier alpha value is -3.82. The average molecular weight is 454 g/mol. The number of para-hydroxylation sites is 1. The summed E-state index contributed by atoms with van der Waals surface area (Å²) in [5.74, 6) is -0.668. The fourth-order valence-corrected chi connectivity index (χ4v) is 5.07. The number of rotatable bonds is 5. The minimum absolute atomic E-state index is 0.0762. The predicted molar refractivity (Wildman–Crippen MR) is 133 cm³/mol. The maximum absolute atomic E-state index is 13.4. The molecule has 6 heteroatoms. The number of hydrogen-bond donors (Lipinski definition) is 1. The molecule has 33 heavy (non-hydrogen) atoms. The molecule has 1 aliphatic rings. The molecule has 1 fully saturated rings. The molecule has 0 aromatic heterocycles. The topological polar surface area (TPSA) is 73.2 Å². The van der Waals surface area contributed by atoms with Gasteiger partial charge in [0.2, 0.25) is 5.91 Å². The molecule has 164 valence electrons. The van der Waals surface area contributed by atoms with Crippen LogP contribution in [0.5, 0.6) is 0 Å². The number of benzene rings is 3. The summed E-state index contributed by atoms with van der Waals surface area (Å²) in [7, 11) is 0. The fourth-order valence-electron chi connectivity index (χ4n) is 3.77. The van der Waals surface area contributed by atoms with Gasteiger partial charge in [0.25, 0.3) is 5.91 Å². The highest BCUT2D eigenvalue weighted by molar-refractivity contribution is 8.05. The van der Waals surface area contributed by atoms with E-state index in [9.17, 15) is 14.9 Å². The quantitative estimate of drug-likeness (QED) is 0.416. The highest BCUT2D eigenvalue weighted by Crippen LogP contribution is 2.42. The van der Waals surface area contributed by atoms with E-state index >= 15 is 0 Å². The van der Waals surface area contributed by atoms with Gasteiger partial charge in [-0.1, -0.05) is 78.0 Å². The van der Waals surface area contributed by atoms with Crippen molar-refractivity contribution in [3.8, 4) is 6.07 Å². The van der Waals surface area contributed by atoms with Gasteiger partial charge in [-0.3, -0.25) is 14.5 Å². The van der Waals surface area contributed by atoms with E-state index in [1.54, 1.807) is 12.1 Å². The van der Waals surface area contributed by atoms with Crippen LogP contribution in [0.15, 0.2) is 89.5 Å².